The molecule has 0 aliphatic carbocycles. The van der Waals surface area contributed by atoms with E-state index in [0.717, 1.165) is 12.1 Å². The second kappa shape index (κ2) is 7.28. The van der Waals surface area contributed by atoms with E-state index in [-0.39, 0.29) is 12.0 Å². The van der Waals surface area contributed by atoms with E-state index >= 15 is 0 Å². The van der Waals surface area contributed by atoms with Gasteiger partial charge in [0.2, 0.25) is 0 Å². The number of pyridine rings is 1. The highest BCUT2D eigenvalue weighted by Crippen LogP contribution is 2.15. The van der Waals surface area contributed by atoms with Gasteiger partial charge in [0, 0.05) is 24.2 Å². The maximum Gasteiger partial charge on any atom is 0.326 e. The Kier molecular flexibility index (Phi) is 5.38. The molecule has 1 aromatic heterocycles. The van der Waals surface area contributed by atoms with E-state index in [1.165, 1.54) is 6.20 Å². The molecule has 0 fully saturated rings. The number of carboxylic acids is 1. The average molecular weight is 385 g/mol. The van der Waals surface area contributed by atoms with E-state index in [1.54, 1.807) is 12.1 Å². The number of amides is 1. The topological polar surface area (TPSA) is 79.3 Å². The highest BCUT2D eigenvalue weighted by Gasteiger charge is 2.22. The molecule has 0 spiro atoms. The molecule has 2 aromatic rings. The van der Waals surface area contributed by atoms with Gasteiger partial charge in [-0.1, -0.05) is 6.07 Å². The lowest BCUT2D eigenvalue weighted by molar-refractivity contribution is -0.139. The maximum absolute atomic E-state index is 13.1. The van der Waals surface area contributed by atoms with Crippen LogP contribution in [-0.4, -0.2) is 28.0 Å². The van der Waals surface area contributed by atoms with Gasteiger partial charge in [-0.3, -0.25) is 4.79 Å². The number of nitrogens with one attached hydrogen (secondary N) is 1. The largest absolute Gasteiger partial charge is 0.480 e. The van der Waals surface area contributed by atoms with E-state index in [1.807, 2.05) is 0 Å². The van der Waals surface area contributed by atoms with Crippen molar-refractivity contribution in [3.63, 3.8) is 0 Å². The van der Waals surface area contributed by atoms with Gasteiger partial charge in [-0.25, -0.2) is 18.6 Å². The summed E-state index contributed by atoms with van der Waals surface area (Å²) in [5, 5.41) is 11.5. The molecule has 2 rings (SSSR count). The molecule has 1 heterocycles. The third-order valence-electron chi connectivity index (χ3n) is 2.99. The predicted octanol–water partition coefficient (Wildman–Crippen LogP) is 2.55. The standard InChI is InChI=1S/C15H11BrF2N2O3/c16-13-8(2-1-3-19-13)6-12(15(22)23)20-14(21)9-4-10(17)7-11(18)5-9/h1-5,7,12H,6H2,(H,20,21)(H,22,23)/t12-/m0/s1. The molecule has 0 aliphatic rings. The Morgan fingerprint density at radius 3 is 2.48 bits per heavy atom. The third kappa shape index (κ3) is 4.56. The van der Waals surface area contributed by atoms with Gasteiger partial charge >= 0.3 is 5.97 Å². The molecule has 0 saturated carbocycles. The highest BCUT2D eigenvalue weighted by molar-refractivity contribution is 9.10. The molecular weight excluding hydrogens is 374 g/mol. The summed E-state index contributed by atoms with van der Waals surface area (Å²) in [7, 11) is 0. The lowest BCUT2D eigenvalue weighted by Crippen LogP contribution is -2.42. The van der Waals surface area contributed by atoms with Crippen molar-refractivity contribution in [2.24, 2.45) is 0 Å². The van der Waals surface area contributed by atoms with E-state index in [9.17, 15) is 23.5 Å². The zero-order valence-electron chi connectivity index (χ0n) is 11.6. The van der Waals surface area contributed by atoms with Crippen LogP contribution in [0.15, 0.2) is 41.1 Å². The fraction of sp³-hybridized carbons (Fsp3) is 0.133. The third-order valence-corrected chi connectivity index (χ3v) is 3.70. The number of carboxylic acid groups (broad SMARTS) is 1. The summed E-state index contributed by atoms with van der Waals surface area (Å²) in [6.07, 6.45) is 1.49. The average Bonchev–Trinajstić information content (AvgIpc) is 2.47. The first-order valence-corrected chi connectivity index (χ1v) is 7.25. The van der Waals surface area contributed by atoms with Crippen molar-refractivity contribution < 1.29 is 23.5 Å². The summed E-state index contributed by atoms with van der Waals surface area (Å²) in [6.45, 7) is 0. The van der Waals surface area contributed by atoms with Gasteiger partial charge in [-0.15, -0.1) is 0 Å². The molecule has 5 nitrogen and oxygen atoms in total. The number of carbonyl (C=O) groups is 2. The van der Waals surface area contributed by atoms with Gasteiger partial charge in [0.15, 0.2) is 0 Å². The van der Waals surface area contributed by atoms with Crippen LogP contribution in [0.5, 0.6) is 0 Å². The molecule has 120 valence electrons. The molecule has 1 atom stereocenters. The zero-order chi connectivity index (χ0) is 17.0. The van der Waals surface area contributed by atoms with Gasteiger partial charge in [-0.05, 0) is 39.7 Å². The fourth-order valence-corrected chi connectivity index (χ4v) is 2.33. The highest BCUT2D eigenvalue weighted by atomic mass is 79.9. The number of nitrogens with zero attached hydrogens (tertiary/aromatic N) is 1. The summed E-state index contributed by atoms with van der Waals surface area (Å²) in [6, 6.07) is 4.30. The number of hydrogen-bond acceptors (Lipinski definition) is 3. The van der Waals surface area contributed by atoms with Crippen LogP contribution in [0.25, 0.3) is 0 Å². The molecule has 1 amide bonds. The van der Waals surface area contributed by atoms with Crippen LogP contribution in [0.2, 0.25) is 0 Å². The van der Waals surface area contributed by atoms with Gasteiger partial charge < -0.3 is 10.4 Å². The van der Waals surface area contributed by atoms with E-state index < -0.39 is 29.6 Å². The maximum atomic E-state index is 13.1. The molecule has 2 N–H and O–H groups in total. The van der Waals surface area contributed by atoms with Crippen molar-refractivity contribution in [2.45, 2.75) is 12.5 Å². The molecule has 23 heavy (non-hydrogen) atoms. The van der Waals surface area contributed by atoms with Crippen LogP contribution < -0.4 is 5.32 Å². The number of rotatable bonds is 5. The second-order valence-electron chi connectivity index (χ2n) is 4.68. The van der Waals surface area contributed by atoms with Gasteiger partial charge in [-0.2, -0.15) is 0 Å². The Labute approximate surface area is 138 Å². The lowest BCUT2D eigenvalue weighted by Gasteiger charge is -2.15. The number of benzene rings is 1. The van der Waals surface area contributed by atoms with Crippen molar-refractivity contribution in [1.29, 1.82) is 0 Å². The summed E-state index contributed by atoms with van der Waals surface area (Å²) in [5.41, 5.74) is 0.282. The van der Waals surface area contributed by atoms with Crippen LogP contribution in [0, 0.1) is 11.6 Å². The van der Waals surface area contributed by atoms with E-state index in [0.29, 0.717) is 16.2 Å². The number of halogens is 3. The smallest absolute Gasteiger partial charge is 0.326 e. The molecule has 0 aliphatic heterocycles. The Balaban J connectivity index is 2.18. The quantitative estimate of drug-likeness (QED) is 0.776. The SMILES string of the molecule is O=C(N[C@@H](Cc1cccnc1Br)C(=O)O)c1cc(F)cc(F)c1. The predicted molar refractivity (Wildman–Crippen MR) is 80.9 cm³/mol. The zero-order valence-corrected chi connectivity index (χ0v) is 13.2. The minimum atomic E-state index is -1.27. The molecule has 0 bridgehead atoms. The van der Waals surface area contributed by atoms with Crippen LogP contribution in [0.3, 0.4) is 0 Å². The Morgan fingerprint density at radius 2 is 1.91 bits per heavy atom. The van der Waals surface area contributed by atoms with Crippen LogP contribution in [-0.2, 0) is 11.2 Å². The first kappa shape index (κ1) is 17.0. The van der Waals surface area contributed by atoms with E-state index in [4.69, 9.17) is 0 Å². The fourth-order valence-electron chi connectivity index (χ4n) is 1.92. The first-order chi connectivity index (χ1) is 10.9. The summed E-state index contributed by atoms with van der Waals surface area (Å²) < 4.78 is 26.7. The number of carbonyl (C=O) groups excluding carboxylic acids is 1. The van der Waals surface area contributed by atoms with Crippen LogP contribution in [0.1, 0.15) is 15.9 Å². The number of hydrogen-bond donors (Lipinski definition) is 2. The summed E-state index contributed by atoms with van der Waals surface area (Å²) in [4.78, 5) is 27.3. The van der Waals surface area contributed by atoms with Crippen LogP contribution in [0.4, 0.5) is 8.78 Å². The second-order valence-corrected chi connectivity index (χ2v) is 5.43. The minimum Gasteiger partial charge on any atom is -0.480 e. The Bertz CT molecular complexity index is 735. The van der Waals surface area contributed by atoms with Crippen molar-refractivity contribution in [1.82, 2.24) is 10.3 Å². The molecular formula is C15H11BrF2N2O3. The number of aromatic nitrogens is 1. The monoisotopic (exact) mass is 384 g/mol. The molecule has 0 radical (unpaired) electrons. The van der Waals surface area contributed by atoms with Crippen molar-refractivity contribution >= 4 is 27.8 Å². The molecule has 8 heteroatoms. The molecule has 0 saturated heterocycles. The normalized spacial score (nSPS) is 11.8. The Morgan fingerprint density at radius 1 is 1.26 bits per heavy atom. The summed E-state index contributed by atoms with van der Waals surface area (Å²) in [5.74, 6) is -3.99. The summed E-state index contributed by atoms with van der Waals surface area (Å²) >= 11 is 3.19. The van der Waals surface area contributed by atoms with Crippen molar-refractivity contribution in [2.75, 3.05) is 0 Å². The number of aliphatic carboxylic acids is 1. The molecule has 0 unspecified atom stereocenters. The van der Waals surface area contributed by atoms with Gasteiger partial charge in [0.25, 0.3) is 5.91 Å². The molecule has 1 aromatic carbocycles. The van der Waals surface area contributed by atoms with Crippen molar-refractivity contribution in [3.8, 4) is 0 Å². The van der Waals surface area contributed by atoms with Crippen molar-refractivity contribution in [3.05, 3.63) is 63.9 Å². The lowest BCUT2D eigenvalue weighted by atomic mass is 10.1. The van der Waals surface area contributed by atoms with E-state index in [2.05, 4.69) is 26.2 Å². The van der Waals surface area contributed by atoms with Crippen LogP contribution >= 0.6 is 15.9 Å². The van der Waals surface area contributed by atoms with Gasteiger partial charge in [0.1, 0.15) is 22.3 Å². The first-order valence-electron chi connectivity index (χ1n) is 6.46. The Hall–Kier alpha value is -2.35. The van der Waals surface area contributed by atoms with Gasteiger partial charge in [0.05, 0.1) is 0 Å². The minimum absolute atomic E-state index is 0.0344.